The highest BCUT2D eigenvalue weighted by atomic mass is 31.1. The van der Waals surface area contributed by atoms with Crippen molar-refractivity contribution >= 4 is 25.3 Å². The SMILES string of the molecule is CCc1nc(C)cn2nc(C3=CC(=O)N4C=C(N5CCN(CC)C(C)C5)C=CC4P3)cc12. The molecule has 0 bridgehead atoms. The second kappa shape index (κ2) is 8.45. The first kappa shape index (κ1) is 21.4. The lowest BCUT2D eigenvalue weighted by Crippen LogP contribution is -2.51. The molecule has 7 nitrogen and oxygen atoms in total. The largest absolute Gasteiger partial charge is 0.368 e. The molecule has 0 saturated carbocycles. The van der Waals surface area contributed by atoms with Gasteiger partial charge in [0.05, 0.1) is 40.3 Å². The fourth-order valence-electron chi connectivity index (χ4n) is 4.88. The van der Waals surface area contributed by atoms with Crippen LogP contribution in [0.25, 0.3) is 10.8 Å². The van der Waals surface area contributed by atoms with Crippen LogP contribution in [0, 0.1) is 6.92 Å². The smallest absolute Gasteiger partial charge is 0.252 e. The number of piperazine rings is 1. The van der Waals surface area contributed by atoms with Gasteiger partial charge in [-0.05, 0) is 39.0 Å². The molecule has 0 aromatic carbocycles. The Morgan fingerprint density at radius 2 is 2.09 bits per heavy atom. The maximum absolute atomic E-state index is 13.1. The number of nitrogens with zero attached hydrogens (tertiary/aromatic N) is 6. The Balaban J connectivity index is 1.39. The third kappa shape index (κ3) is 3.78. The summed E-state index contributed by atoms with van der Waals surface area (Å²) in [6, 6.07) is 2.60. The van der Waals surface area contributed by atoms with E-state index in [1.165, 1.54) is 0 Å². The van der Waals surface area contributed by atoms with E-state index in [0.717, 1.165) is 66.2 Å². The van der Waals surface area contributed by atoms with E-state index < -0.39 is 0 Å². The van der Waals surface area contributed by atoms with Crippen molar-refractivity contribution in [2.75, 3.05) is 26.2 Å². The second-order valence-corrected chi connectivity index (χ2v) is 10.2. The van der Waals surface area contributed by atoms with Gasteiger partial charge in [-0.25, -0.2) is 4.52 Å². The topological polar surface area (TPSA) is 57.0 Å². The molecule has 3 aliphatic rings. The minimum Gasteiger partial charge on any atom is -0.368 e. The van der Waals surface area contributed by atoms with Crippen molar-refractivity contribution < 1.29 is 4.79 Å². The van der Waals surface area contributed by atoms with Crippen molar-refractivity contribution in [2.45, 2.75) is 45.9 Å². The van der Waals surface area contributed by atoms with Crippen LogP contribution in [0.1, 0.15) is 37.9 Å². The summed E-state index contributed by atoms with van der Waals surface area (Å²) in [5.74, 6) is 0.101. The monoisotopic (exact) mass is 450 g/mol. The number of allylic oxidation sites excluding steroid dienone is 1. The molecule has 1 amide bonds. The Morgan fingerprint density at radius 3 is 2.84 bits per heavy atom. The molecule has 8 heteroatoms. The molecule has 0 N–H and O–H groups in total. The number of carbonyl (C=O) groups is 1. The Kier molecular flexibility index (Phi) is 5.64. The number of aryl methyl sites for hydroxylation is 2. The average Bonchev–Trinajstić information content (AvgIpc) is 3.22. The molecule has 168 valence electrons. The van der Waals surface area contributed by atoms with Crippen LogP contribution in [0.2, 0.25) is 0 Å². The summed E-state index contributed by atoms with van der Waals surface area (Å²) in [5, 5.41) is 5.80. The third-order valence-electron chi connectivity index (χ3n) is 6.65. The molecular formula is C24H31N6OP. The van der Waals surface area contributed by atoms with Crippen LogP contribution in [0.4, 0.5) is 0 Å². The average molecular weight is 451 g/mol. The number of rotatable bonds is 4. The van der Waals surface area contributed by atoms with Gasteiger partial charge in [0.1, 0.15) is 0 Å². The van der Waals surface area contributed by atoms with E-state index in [4.69, 9.17) is 5.10 Å². The van der Waals surface area contributed by atoms with Gasteiger partial charge in [-0.1, -0.05) is 28.5 Å². The maximum atomic E-state index is 13.1. The van der Waals surface area contributed by atoms with E-state index in [9.17, 15) is 4.79 Å². The summed E-state index contributed by atoms with van der Waals surface area (Å²) < 4.78 is 1.91. The zero-order valence-corrected chi connectivity index (χ0v) is 20.2. The molecule has 5 heterocycles. The normalized spacial score (nSPS) is 24.8. The van der Waals surface area contributed by atoms with E-state index in [-0.39, 0.29) is 11.7 Å². The lowest BCUT2D eigenvalue weighted by molar-refractivity contribution is -0.123. The van der Waals surface area contributed by atoms with Gasteiger partial charge >= 0.3 is 0 Å². The van der Waals surface area contributed by atoms with Gasteiger partial charge in [0, 0.05) is 43.3 Å². The van der Waals surface area contributed by atoms with E-state index >= 15 is 0 Å². The molecule has 0 spiro atoms. The quantitative estimate of drug-likeness (QED) is 0.670. The Hall–Kier alpha value is -2.50. The first-order valence-corrected chi connectivity index (χ1v) is 12.6. The summed E-state index contributed by atoms with van der Waals surface area (Å²) in [7, 11) is 0.467. The molecule has 3 unspecified atom stereocenters. The lowest BCUT2D eigenvalue weighted by atomic mass is 10.1. The van der Waals surface area contributed by atoms with Crippen molar-refractivity contribution in [3.05, 3.63) is 59.5 Å². The fourth-order valence-corrected chi connectivity index (χ4v) is 6.21. The van der Waals surface area contributed by atoms with Crippen molar-refractivity contribution in [3.8, 4) is 0 Å². The van der Waals surface area contributed by atoms with Crippen LogP contribution < -0.4 is 0 Å². The summed E-state index contributed by atoms with van der Waals surface area (Å²) >= 11 is 0. The van der Waals surface area contributed by atoms with Crippen LogP contribution in [-0.2, 0) is 11.2 Å². The van der Waals surface area contributed by atoms with Crippen LogP contribution in [0.3, 0.4) is 0 Å². The molecule has 3 atom stereocenters. The molecular weight excluding hydrogens is 419 g/mol. The van der Waals surface area contributed by atoms with Crippen LogP contribution in [-0.4, -0.2) is 73.2 Å². The summed E-state index contributed by atoms with van der Waals surface area (Å²) in [6.07, 6.45) is 11.0. The third-order valence-corrected chi connectivity index (χ3v) is 8.12. The number of carbonyl (C=O) groups excluding carboxylic acids is 1. The summed E-state index contributed by atoms with van der Waals surface area (Å²) in [5.41, 5.74) is 5.04. The highest BCUT2D eigenvalue weighted by Crippen LogP contribution is 2.44. The molecule has 3 aliphatic heterocycles. The fraction of sp³-hybridized carbons (Fsp3) is 0.458. The minimum absolute atomic E-state index is 0.0351. The van der Waals surface area contributed by atoms with E-state index in [1.807, 2.05) is 28.7 Å². The minimum atomic E-state index is 0.0351. The Morgan fingerprint density at radius 1 is 1.25 bits per heavy atom. The van der Waals surface area contributed by atoms with Gasteiger partial charge in [0.15, 0.2) is 0 Å². The van der Waals surface area contributed by atoms with Gasteiger partial charge in [-0.3, -0.25) is 14.7 Å². The molecule has 32 heavy (non-hydrogen) atoms. The molecule has 1 fully saturated rings. The Labute approximate surface area is 191 Å². The van der Waals surface area contributed by atoms with Crippen molar-refractivity contribution in [1.29, 1.82) is 0 Å². The van der Waals surface area contributed by atoms with Crippen molar-refractivity contribution in [3.63, 3.8) is 0 Å². The summed E-state index contributed by atoms with van der Waals surface area (Å²) in [4.78, 5) is 24.6. The van der Waals surface area contributed by atoms with Crippen molar-refractivity contribution in [2.24, 2.45) is 0 Å². The predicted molar refractivity (Wildman–Crippen MR) is 130 cm³/mol. The number of hydrogen-bond donors (Lipinski definition) is 0. The number of likely N-dealkylation sites (N-methyl/N-ethyl adjacent to an activating group) is 1. The number of fused-ring (bicyclic) bond motifs is 2. The number of aromatic nitrogens is 3. The first-order chi connectivity index (χ1) is 15.5. The van der Waals surface area contributed by atoms with Gasteiger partial charge in [0.25, 0.3) is 5.91 Å². The van der Waals surface area contributed by atoms with Gasteiger partial charge < -0.3 is 9.80 Å². The molecule has 1 saturated heterocycles. The Bertz CT molecular complexity index is 1150. The predicted octanol–water partition coefficient (Wildman–Crippen LogP) is 3.23. The first-order valence-electron chi connectivity index (χ1n) is 11.5. The number of amides is 1. The molecule has 2 aromatic heterocycles. The van der Waals surface area contributed by atoms with Gasteiger partial charge in [-0.15, -0.1) is 0 Å². The molecule has 0 aliphatic carbocycles. The highest BCUT2D eigenvalue weighted by molar-refractivity contribution is 7.51. The second-order valence-electron chi connectivity index (χ2n) is 8.77. The van der Waals surface area contributed by atoms with Crippen LogP contribution >= 0.6 is 8.58 Å². The standard InChI is InChI=1S/C24H31N6OP/c1-5-19-21-11-20(26-30(21)13-16(3)25-19)22-12-23(31)29-15-18(7-8-24(29)32-22)28-10-9-27(6-2)17(4)14-28/h7-8,11-13,15,17,24,32H,5-6,9-10,14H2,1-4H3. The van der Waals surface area contributed by atoms with Crippen molar-refractivity contribution in [1.82, 2.24) is 29.3 Å². The zero-order valence-electron chi connectivity index (χ0n) is 19.2. The van der Waals surface area contributed by atoms with Gasteiger partial charge in [-0.2, -0.15) is 5.10 Å². The zero-order chi connectivity index (χ0) is 22.4. The lowest BCUT2D eigenvalue weighted by Gasteiger charge is -2.43. The maximum Gasteiger partial charge on any atom is 0.252 e. The van der Waals surface area contributed by atoms with Gasteiger partial charge in [0.2, 0.25) is 0 Å². The van der Waals surface area contributed by atoms with E-state index in [1.54, 1.807) is 6.08 Å². The van der Waals surface area contributed by atoms with E-state index in [2.05, 4.69) is 53.8 Å². The van der Waals surface area contributed by atoms with Crippen LogP contribution in [0.15, 0.2) is 42.4 Å². The number of hydrogen-bond acceptors (Lipinski definition) is 5. The molecule has 0 radical (unpaired) electrons. The van der Waals surface area contributed by atoms with Crippen LogP contribution in [0.5, 0.6) is 0 Å². The highest BCUT2D eigenvalue weighted by Gasteiger charge is 2.31. The van der Waals surface area contributed by atoms with E-state index in [0.29, 0.717) is 14.6 Å². The molecule has 5 rings (SSSR count). The summed E-state index contributed by atoms with van der Waals surface area (Å²) in [6.45, 7) is 12.7. The molecule has 2 aromatic rings.